The van der Waals surface area contributed by atoms with E-state index >= 15 is 0 Å². The van der Waals surface area contributed by atoms with Crippen molar-refractivity contribution in [2.45, 2.75) is 32.2 Å². The summed E-state index contributed by atoms with van der Waals surface area (Å²) >= 11 is 0. The molecule has 1 heterocycles. The first-order valence-corrected chi connectivity index (χ1v) is 7.68. The number of benzene rings is 1. The minimum atomic E-state index is 0.463. The van der Waals surface area contributed by atoms with E-state index < -0.39 is 0 Å². The van der Waals surface area contributed by atoms with Gasteiger partial charge in [-0.1, -0.05) is 19.4 Å². The smallest absolute Gasteiger partial charge is 0.193 e. The summed E-state index contributed by atoms with van der Waals surface area (Å²) in [5, 5.41) is 3.12. The van der Waals surface area contributed by atoms with Gasteiger partial charge in [-0.05, 0) is 38.1 Å². The molecular formula is C16H26N4O. The molecule has 1 aromatic carbocycles. The Morgan fingerprint density at radius 1 is 1.48 bits per heavy atom. The van der Waals surface area contributed by atoms with Crippen LogP contribution in [0.2, 0.25) is 0 Å². The first-order chi connectivity index (χ1) is 10.2. The van der Waals surface area contributed by atoms with Crippen LogP contribution in [0.3, 0.4) is 0 Å². The fraction of sp³-hybridized carbons (Fsp3) is 0.562. The second-order valence-electron chi connectivity index (χ2n) is 5.36. The van der Waals surface area contributed by atoms with Crippen molar-refractivity contribution < 1.29 is 4.74 Å². The van der Waals surface area contributed by atoms with Crippen LogP contribution in [0.25, 0.3) is 0 Å². The Morgan fingerprint density at radius 2 is 2.33 bits per heavy atom. The topological polar surface area (TPSA) is 62.9 Å². The molecule has 21 heavy (non-hydrogen) atoms. The summed E-state index contributed by atoms with van der Waals surface area (Å²) in [5.41, 5.74) is 6.88. The molecule has 0 aromatic heterocycles. The lowest BCUT2D eigenvalue weighted by atomic mass is 10.0. The van der Waals surface area contributed by atoms with Crippen LogP contribution in [0.4, 0.5) is 5.69 Å². The first kappa shape index (κ1) is 15.6. The number of rotatable bonds is 5. The molecule has 0 amide bonds. The molecule has 0 radical (unpaired) electrons. The second kappa shape index (κ2) is 7.88. The van der Waals surface area contributed by atoms with E-state index in [9.17, 15) is 0 Å². The predicted molar refractivity (Wildman–Crippen MR) is 88.0 cm³/mol. The molecule has 1 saturated heterocycles. The summed E-state index contributed by atoms with van der Waals surface area (Å²) in [6.45, 7) is 5.24. The molecule has 1 fully saturated rings. The quantitative estimate of drug-likeness (QED) is 0.645. The van der Waals surface area contributed by atoms with Gasteiger partial charge in [0, 0.05) is 17.8 Å². The molecule has 0 aliphatic carbocycles. The van der Waals surface area contributed by atoms with E-state index in [4.69, 9.17) is 10.5 Å². The lowest BCUT2D eigenvalue weighted by Gasteiger charge is -2.33. The average Bonchev–Trinajstić information content (AvgIpc) is 2.53. The summed E-state index contributed by atoms with van der Waals surface area (Å²) in [6.07, 6.45) is 3.80. The van der Waals surface area contributed by atoms with Gasteiger partial charge in [-0.25, -0.2) is 0 Å². The molecule has 1 unspecified atom stereocenters. The minimum Gasteiger partial charge on any atom is -0.497 e. The number of methoxy groups -OCH3 is 1. The van der Waals surface area contributed by atoms with Gasteiger partial charge in [-0.3, -0.25) is 9.89 Å². The standard InChI is InChI=1S/C16H26N4O/c1-3-20-10-5-4-8-14(20)12-18-16(17)19-13-7-6-9-15(11-13)21-2/h6-7,9,11,14H,3-5,8,10,12H2,1-2H3,(H3,17,18,19). The zero-order valence-corrected chi connectivity index (χ0v) is 13.0. The molecule has 1 aliphatic heterocycles. The molecule has 5 heteroatoms. The van der Waals surface area contributed by atoms with Crippen molar-refractivity contribution in [2.75, 3.05) is 32.1 Å². The highest BCUT2D eigenvalue weighted by atomic mass is 16.5. The van der Waals surface area contributed by atoms with Gasteiger partial charge in [-0.15, -0.1) is 0 Å². The Bertz CT molecular complexity index is 475. The lowest BCUT2D eigenvalue weighted by Crippen LogP contribution is -2.41. The van der Waals surface area contributed by atoms with Crippen molar-refractivity contribution in [3.63, 3.8) is 0 Å². The van der Waals surface area contributed by atoms with Gasteiger partial charge < -0.3 is 15.8 Å². The normalized spacial score (nSPS) is 20.3. The highest BCUT2D eigenvalue weighted by Crippen LogP contribution is 2.18. The maximum Gasteiger partial charge on any atom is 0.193 e. The van der Waals surface area contributed by atoms with Crippen molar-refractivity contribution >= 4 is 11.6 Å². The number of piperidine rings is 1. The number of hydrogen-bond donors (Lipinski definition) is 2. The Hall–Kier alpha value is -1.75. The number of guanidine groups is 1. The molecule has 1 atom stereocenters. The van der Waals surface area contributed by atoms with Crippen molar-refractivity contribution in [3.05, 3.63) is 24.3 Å². The Balaban J connectivity index is 1.91. The van der Waals surface area contributed by atoms with Crippen LogP contribution in [-0.2, 0) is 0 Å². The minimum absolute atomic E-state index is 0.463. The van der Waals surface area contributed by atoms with E-state index in [1.54, 1.807) is 7.11 Å². The molecule has 2 rings (SSSR count). The van der Waals surface area contributed by atoms with Gasteiger partial charge in [0.05, 0.1) is 13.7 Å². The molecule has 0 bridgehead atoms. The predicted octanol–water partition coefficient (Wildman–Crippen LogP) is 2.30. The largest absolute Gasteiger partial charge is 0.497 e. The molecule has 5 nitrogen and oxygen atoms in total. The molecule has 1 aliphatic rings. The maximum atomic E-state index is 5.98. The van der Waals surface area contributed by atoms with Crippen LogP contribution in [0.1, 0.15) is 26.2 Å². The second-order valence-corrected chi connectivity index (χ2v) is 5.36. The molecule has 116 valence electrons. The zero-order valence-electron chi connectivity index (χ0n) is 13.0. The third-order valence-corrected chi connectivity index (χ3v) is 3.97. The molecule has 0 spiro atoms. The van der Waals surface area contributed by atoms with E-state index in [2.05, 4.69) is 22.1 Å². The number of likely N-dealkylation sites (tertiary alicyclic amines) is 1. The van der Waals surface area contributed by atoms with E-state index in [-0.39, 0.29) is 0 Å². The summed E-state index contributed by atoms with van der Waals surface area (Å²) in [7, 11) is 1.65. The zero-order chi connectivity index (χ0) is 15.1. The summed E-state index contributed by atoms with van der Waals surface area (Å²) in [6, 6.07) is 8.20. The number of nitrogens with two attached hydrogens (primary N) is 1. The van der Waals surface area contributed by atoms with E-state index in [0.29, 0.717) is 12.0 Å². The number of likely N-dealkylation sites (N-methyl/N-ethyl adjacent to an activating group) is 1. The number of anilines is 1. The van der Waals surface area contributed by atoms with Crippen molar-refractivity contribution in [3.8, 4) is 5.75 Å². The Kier molecular flexibility index (Phi) is 5.87. The van der Waals surface area contributed by atoms with Crippen LogP contribution in [0.15, 0.2) is 29.3 Å². The van der Waals surface area contributed by atoms with Crippen LogP contribution in [-0.4, -0.2) is 43.6 Å². The summed E-state index contributed by atoms with van der Waals surface area (Å²) in [4.78, 5) is 6.99. The molecule has 0 saturated carbocycles. The first-order valence-electron chi connectivity index (χ1n) is 7.68. The third kappa shape index (κ3) is 4.63. The van der Waals surface area contributed by atoms with E-state index in [1.165, 1.54) is 25.8 Å². The fourth-order valence-corrected chi connectivity index (χ4v) is 2.78. The Morgan fingerprint density at radius 3 is 3.10 bits per heavy atom. The number of nitrogens with zero attached hydrogens (tertiary/aromatic N) is 2. The van der Waals surface area contributed by atoms with Gasteiger partial charge in [-0.2, -0.15) is 0 Å². The SMILES string of the molecule is CCN1CCCCC1CN=C(N)Nc1cccc(OC)c1. The molecule has 1 aromatic rings. The van der Waals surface area contributed by atoms with Gasteiger partial charge in [0.2, 0.25) is 0 Å². The average molecular weight is 290 g/mol. The van der Waals surface area contributed by atoms with E-state index in [1.807, 2.05) is 24.3 Å². The van der Waals surface area contributed by atoms with Crippen LogP contribution >= 0.6 is 0 Å². The highest BCUT2D eigenvalue weighted by Gasteiger charge is 2.20. The van der Waals surface area contributed by atoms with Gasteiger partial charge in [0.25, 0.3) is 0 Å². The van der Waals surface area contributed by atoms with Crippen molar-refractivity contribution in [2.24, 2.45) is 10.7 Å². The van der Waals surface area contributed by atoms with Crippen LogP contribution in [0.5, 0.6) is 5.75 Å². The highest BCUT2D eigenvalue weighted by molar-refractivity contribution is 5.92. The summed E-state index contributed by atoms with van der Waals surface area (Å²) < 4.78 is 5.19. The number of ether oxygens (including phenoxy) is 1. The van der Waals surface area contributed by atoms with Crippen LogP contribution in [0, 0.1) is 0 Å². The van der Waals surface area contributed by atoms with Gasteiger partial charge in [0.1, 0.15) is 5.75 Å². The third-order valence-electron chi connectivity index (χ3n) is 3.97. The monoisotopic (exact) mass is 290 g/mol. The van der Waals surface area contributed by atoms with Gasteiger partial charge >= 0.3 is 0 Å². The Labute approximate surface area is 127 Å². The number of hydrogen-bond acceptors (Lipinski definition) is 3. The number of aliphatic imine (C=N–C) groups is 1. The lowest BCUT2D eigenvalue weighted by molar-refractivity contribution is 0.161. The molecule has 3 N–H and O–H groups in total. The van der Waals surface area contributed by atoms with Crippen molar-refractivity contribution in [1.82, 2.24) is 4.90 Å². The van der Waals surface area contributed by atoms with E-state index in [0.717, 1.165) is 24.5 Å². The fourth-order valence-electron chi connectivity index (χ4n) is 2.78. The van der Waals surface area contributed by atoms with Gasteiger partial charge in [0.15, 0.2) is 5.96 Å². The number of nitrogens with one attached hydrogen (secondary N) is 1. The maximum absolute atomic E-state index is 5.98. The molecular weight excluding hydrogens is 264 g/mol. The van der Waals surface area contributed by atoms with Crippen molar-refractivity contribution in [1.29, 1.82) is 0 Å². The summed E-state index contributed by atoms with van der Waals surface area (Å²) in [5.74, 6) is 1.27. The van der Waals surface area contributed by atoms with Crippen LogP contribution < -0.4 is 15.8 Å².